The number of hydrogen-bond donors (Lipinski definition) is 5. The summed E-state index contributed by atoms with van der Waals surface area (Å²) in [6.45, 7) is 0. The molecule has 0 spiro atoms. The summed E-state index contributed by atoms with van der Waals surface area (Å²) >= 11 is 5.86. The van der Waals surface area contributed by atoms with Crippen LogP contribution in [0.5, 0.6) is 5.75 Å². The summed E-state index contributed by atoms with van der Waals surface area (Å²) in [4.78, 5) is 13.4. The molecule has 0 bridgehead atoms. The minimum Gasteiger partial charge on any atom is -0.506 e. The summed E-state index contributed by atoms with van der Waals surface area (Å²) < 4.78 is 24.5. The van der Waals surface area contributed by atoms with Gasteiger partial charge >= 0.3 is 0 Å². The number of carbonyl (C=O) groups is 1. The second-order valence-electron chi connectivity index (χ2n) is 6.17. The molecule has 0 saturated heterocycles. The zero-order chi connectivity index (χ0) is 19.8. The van der Waals surface area contributed by atoms with E-state index in [0.29, 0.717) is 5.69 Å². The third-order valence-corrected chi connectivity index (χ3v) is 5.41. The molecule has 10 heteroatoms. The van der Waals surface area contributed by atoms with Crippen LogP contribution in [0.15, 0.2) is 45.7 Å². The van der Waals surface area contributed by atoms with Crippen molar-refractivity contribution in [1.29, 1.82) is 0 Å². The second kappa shape index (κ2) is 7.28. The first-order chi connectivity index (χ1) is 12.7. The summed E-state index contributed by atoms with van der Waals surface area (Å²) in [6, 6.07) is 9.73. The van der Waals surface area contributed by atoms with E-state index >= 15 is 0 Å². The van der Waals surface area contributed by atoms with E-state index in [2.05, 4.69) is 15.0 Å². The van der Waals surface area contributed by atoms with Crippen LogP contribution < -0.4 is 10.6 Å². The Kier molecular flexibility index (Phi) is 5.20. The SMILES string of the molecule is CN(C)C(=O)Cc1cccc(NC2=NS(O)(O)c3cc(Cl)cc(O)c3N2)c1. The van der Waals surface area contributed by atoms with Crippen molar-refractivity contribution in [2.75, 3.05) is 24.7 Å². The molecule has 0 radical (unpaired) electrons. The molecule has 27 heavy (non-hydrogen) atoms. The molecular weight excluding hydrogens is 392 g/mol. The number of aromatic hydroxyl groups is 1. The number of hydrogen-bond acceptors (Lipinski definition) is 7. The van der Waals surface area contributed by atoms with Crippen LogP contribution in [0.4, 0.5) is 11.4 Å². The van der Waals surface area contributed by atoms with Crippen LogP contribution in [0.1, 0.15) is 5.56 Å². The lowest BCUT2D eigenvalue weighted by Gasteiger charge is -2.34. The molecule has 5 N–H and O–H groups in total. The summed E-state index contributed by atoms with van der Waals surface area (Å²) in [6.07, 6.45) is 0.236. The second-order valence-corrected chi connectivity index (χ2v) is 8.27. The van der Waals surface area contributed by atoms with Gasteiger partial charge in [0.25, 0.3) is 0 Å². The Balaban J connectivity index is 1.85. The Labute approximate surface area is 163 Å². The molecule has 1 amide bonds. The van der Waals surface area contributed by atoms with E-state index in [0.717, 1.165) is 5.56 Å². The van der Waals surface area contributed by atoms with Crippen molar-refractivity contribution in [2.24, 2.45) is 4.40 Å². The number of nitrogens with one attached hydrogen (secondary N) is 2. The van der Waals surface area contributed by atoms with Gasteiger partial charge in [0, 0.05) is 30.9 Å². The zero-order valence-electron chi connectivity index (χ0n) is 14.6. The molecule has 8 nitrogen and oxygen atoms in total. The molecule has 1 heterocycles. The highest BCUT2D eigenvalue weighted by atomic mass is 35.5. The fourth-order valence-electron chi connectivity index (χ4n) is 2.51. The van der Waals surface area contributed by atoms with Crippen molar-refractivity contribution in [2.45, 2.75) is 11.3 Å². The Hall–Kier alpha value is -2.46. The van der Waals surface area contributed by atoms with Crippen LogP contribution >= 0.6 is 22.4 Å². The van der Waals surface area contributed by atoms with Crippen molar-refractivity contribution >= 4 is 45.6 Å². The lowest BCUT2D eigenvalue weighted by molar-refractivity contribution is -0.127. The standard InChI is InChI=1S/C17H19ClN4O4S/c1-22(2)15(24)7-10-4-3-5-12(6-10)19-17-20-16-13(23)8-11(18)9-14(16)27(25,26)21-17/h3-6,8-9,23,25-26H,7H2,1-2H3,(H2,19,20,21). The maximum atomic E-state index is 11.9. The molecule has 0 saturated carbocycles. The highest BCUT2D eigenvalue weighted by molar-refractivity contribution is 8.23. The van der Waals surface area contributed by atoms with E-state index in [-0.39, 0.29) is 39.6 Å². The number of amides is 1. The third kappa shape index (κ3) is 4.28. The lowest BCUT2D eigenvalue weighted by atomic mass is 10.1. The average molecular weight is 411 g/mol. The average Bonchev–Trinajstić information content (AvgIpc) is 2.56. The number of halogens is 1. The van der Waals surface area contributed by atoms with Crippen LogP contribution in [-0.4, -0.2) is 45.1 Å². The smallest absolute Gasteiger partial charge is 0.226 e. The summed E-state index contributed by atoms with van der Waals surface area (Å²) in [7, 11) is -0.166. The monoisotopic (exact) mass is 410 g/mol. The Morgan fingerprint density at radius 1 is 1.30 bits per heavy atom. The first-order valence-corrected chi connectivity index (χ1v) is 9.78. The number of carbonyl (C=O) groups excluding carboxylic acids is 1. The van der Waals surface area contributed by atoms with Gasteiger partial charge < -0.3 is 20.6 Å². The molecule has 0 atom stereocenters. The number of benzene rings is 2. The number of nitrogens with zero attached hydrogens (tertiary/aromatic N) is 2. The Bertz CT molecular complexity index is 933. The molecular formula is C17H19ClN4O4S. The van der Waals surface area contributed by atoms with E-state index in [1.807, 2.05) is 6.07 Å². The molecule has 144 valence electrons. The molecule has 0 unspecified atom stereocenters. The number of anilines is 2. The summed E-state index contributed by atoms with van der Waals surface area (Å²) in [5.41, 5.74) is 1.50. The van der Waals surface area contributed by atoms with Gasteiger partial charge in [0.15, 0.2) is 0 Å². The fourth-order valence-corrected chi connectivity index (χ4v) is 3.95. The molecule has 0 aliphatic carbocycles. The zero-order valence-corrected chi connectivity index (χ0v) is 16.2. The number of fused-ring (bicyclic) bond motifs is 1. The van der Waals surface area contributed by atoms with Crippen molar-refractivity contribution < 1.29 is 19.0 Å². The molecule has 1 aliphatic heterocycles. The molecule has 0 fully saturated rings. The summed E-state index contributed by atoms with van der Waals surface area (Å²) in [5.74, 6) is -0.210. The quantitative estimate of drug-likeness (QED) is 0.493. The highest BCUT2D eigenvalue weighted by Gasteiger charge is 2.28. The van der Waals surface area contributed by atoms with Gasteiger partial charge in [0.1, 0.15) is 16.3 Å². The minimum absolute atomic E-state index is 0.0170. The van der Waals surface area contributed by atoms with Crippen molar-refractivity contribution in [3.05, 3.63) is 47.0 Å². The first-order valence-electron chi connectivity index (χ1n) is 7.89. The van der Waals surface area contributed by atoms with E-state index in [9.17, 15) is 19.0 Å². The molecule has 2 aromatic rings. The van der Waals surface area contributed by atoms with Crippen molar-refractivity contribution in [3.63, 3.8) is 0 Å². The van der Waals surface area contributed by atoms with E-state index in [1.165, 1.54) is 17.0 Å². The normalized spacial score (nSPS) is 15.8. The topological polar surface area (TPSA) is 117 Å². The van der Waals surface area contributed by atoms with Crippen LogP contribution in [0.2, 0.25) is 5.02 Å². The first kappa shape index (κ1) is 19.3. The van der Waals surface area contributed by atoms with E-state index < -0.39 is 10.8 Å². The fraction of sp³-hybridized carbons (Fsp3) is 0.176. The number of likely N-dealkylation sites (N-methyl/N-ethyl adjacent to an activating group) is 1. The summed E-state index contributed by atoms with van der Waals surface area (Å²) in [5, 5.41) is 16.0. The van der Waals surface area contributed by atoms with Gasteiger partial charge in [0.05, 0.1) is 6.42 Å². The molecule has 0 aromatic heterocycles. The Morgan fingerprint density at radius 2 is 2.04 bits per heavy atom. The maximum Gasteiger partial charge on any atom is 0.226 e. The van der Waals surface area contributed by atoms with Crippen molar-refractivity contribution in [3.8, 4) is 5.75 Å². The van der Waals surface area contributed by atoms with Gasteiger partial charge in [0.2, 0.25) is 11.9 Å². The van der Waals surface area contributed by atoms with Gasteiger partial charge in [-0.1, -0.05) is 34.5 Å². The largest absolute Gasteiger partial charge is 0.506 e. The van der Waals surface area contributed by atoms with E-state index in [1.54, 1.807) is 32.3 Å². The molecule has 2 aromatic carbocycles. The number of phenols is 1. The van der Waals surface area contributed by atoms with E-state index in [4.69, 9.17) is 11.6 Å². The lowest BCUT2D eigenvalue weighted by Crippen LogP contribution is -2.27. The maximum absolute atomic E-state index is 11.9. The van der Waals surface area contributed by atoms with Gasteiger partial charge in [-0.25, -0.2) is 0 Å². The van der Waals surface area contributed by atoms with Gasteiger partial charge in [-0.15, -0.1) is 4.40 Å². The van der Waals surface area contributed by atoms with Crippen LogP contribution in [0, 0.1) is 0 Å². The van der Waals surface area contributed by atoms with Crippen LogP contribution in [0.3, 0.4) is 0 Å². The highest BCUT2D eigenvalue weighted by Crippen LogP contribution is 2.57. The van der Waals surface area contributed by atoms with Crippen LogP contribution in [-0.2, 0) is 11.2 Å². The van der Waals surface area contributed by atoms with Gasteiger partial charge in [-0.3, -0.25) is 13.9 Å². The number of rotatable bonds is 3. The van der Waals surface area contributed by atoms with Gasteiger partial charge in [-0.2, -0.15) is 0 Å². The van der Waals surface area contributed by atoms with Crippen LogP contribution in [0.25, 0.3) is 0 Å². The molecule has 3 rings (SSSR count). The minimum atomic E-state index is -3.54. The Morgan fingerprint density at radius 3 is 2.74 bits per heavy atom. The number of phenolic OH excluding ortho intramolecular Hbond substituents is 1. The van der Waals surface area contributed by atoms with Crippen molar-refractivity contribution in [1.82, 2.24) is 4.90 Å². The number of guanidine groups is 1. The van der Waals surface area contributed by atoms with Gasteiger partial charge in [-0.05, 0) is 23.8 Å². The predicted octanol–water partition coefficient (Wildman–Crippen LogP) is 3.59. The predicted molar refractivity (Wildman–Crippen MR) is 108 cm³/mol. The third-order valence-electron chi connectivity index (χ3n) is 3.85. The molecule has 1 aliphatic rings.